The third-order valence-corrected chi connectivity index (χ3v) is 5.67. The summed E-state index contributed by atoms with van der Waals surface area (Å²) in [6, 6.07) is 39.2. The fourth-order valence-corrected chi connectivity index (χ4v) is 3.94. The van der Waals surface area contributed by atoms with E-state index in [0.717, 1.165) is 28.2 Å². The summed E-state index contributed by atoms with van der Waals surface area (Å²) in [4.78, 5) is 4.98. The summed E-state index contributed by atoms with van der Waals surface area (Å²) in [5.74, 6) is 0.582. The number of hydrogen-bond acceptors (Lipinski definition) is 5. The van der Waals surface area contributed by atoms with Crippen molar-refractivity contribution in [2.75, 3.05) is 0 Å². The minimum atomic E-state index is 0.582. The van der Waals surface area contributed by atoms with Crippen molar-refractivity contribution in [3.8, 4) is 22.5 Å². The maximum atomic E-state index is 4.98. The average molecular weight is 468 g/mol. The van der Waals surface area contributed by atoms with Crippen LogP contribution in [0.5, 0.6) is 0 Å². The number of H-pyrrole nitrogens is 1. The van der Waals surface area contributed by atoms with E-state index in [0.29, 0.717) is 22.8 Å². The van der Waals surface area contributed by atoms with Crippen LogP contribution < -0.4 is 0 Å². The summed E-state index contributed by atoms with van der Waals surface area (Å²) in [5, 5.41) is 21.7. The van der Waals surface area contributed by atoms with E-state index in [9.17, 15) is 0 Å². The van der Waals surface area contributed by atoms with Gasteiger partial charge in [-0.15, -0.1) is 15.3 Å². The molecule has 0 unspecified atom stereocenters. The zero-order valence-corrected chi connectivity index (χ0v) is 19.2. The number of nitrogens with zero attached hydrogens (tertiary/aromatic N) is 6. The number of aromatic amines is 1. The number of benzene rings is 4. The fourth-order valence-electron chi connectivity index (χ4n) is 3.94. The van der Waals surface area contributed by atoms with Gasteiger partial charge in [-0.1, -0.05) is 97.1 Å². The monoisotopic (exact) mass is 467 g/mol. The molecule has 6 aromatic rings. The van der Waals surface area contributed by atoms with Crippen LogP contribution in [0.1, 0.15) is 0 Å². The number of hydrogen-bond donors (Lipinski definition) is 1. The highest BCUT2D eigenvalue weighted by Crippen LogP contribution is 2.40. The average Bonchev–Trinajstić information content (AvgIpc) is 3.49. The molecule has 0 aliphatic heterocycles. The van der Waals surface area contributed by atoms with Gasteiger partial charge in [-0.2, -0.15) is 5.11 Å². The van der Waals surface area contributed by atoms with Crippen molar-refractivity contribution < 1.29 is 0 Å². The fraction of sp³-hybridized carbons (Fsp3) is 0. The number of azo groups is 2. The molecule has 0 aliphatic carbocycles. The Hall–Kier alpha value is -5.17. The van der Waals surface area contributed by atoms with Crippen LogP contribution in [0.4, 0.5) is 22.9 Å². The van der Waals surface area contributed by atoms with Crippen LogP contribution in [-0.2, 0) is 0 Å². The predicted octanol–water partition coefficient (Wildman–Crippen LogP) is 8.83. The molecule has 0 bridgehead atoms. The maximum absolute atomic E-state index is 4.98. The van der Waals surface area contributed by atoms with Crippen molar-refractivity contribution in [1.82, 2.24) is 14.6 Å². The number of imidazole rings is 1. The Morgan fingerprint density at radius 3 is 1.61 bits per heavy atom. The highest BCUT2D eigenvalue weighted by molar-refractivity contribution is 5.87. The molecule has 4 aromatic carbocycles. The van der Waals surface area contributed by atoms with Gasteiger partial charge in [0.2, 0.25) is 5.82 Å². The molecule has 172 valence electrons. The summed E-state index contributed by atoms with van der Waals surface area (Å²) in [7, 11) is 0. The standard InChI is InChI=1S/C29H21N7/c1-5-13-21(14-6-1)25-27(33-31-23-17-9-3-10-18-23)28-30-26(22-15-7-2-8-16-22)29(36(28)35-25)34-32-24-19-11-4-12-20-24/h1-20,35H. The number of nitrogens with one attached hydrogen (secondary N) is 1. The van der Waals surface area contributed by atoms with Gasteiger partial charge in [-0.25, -0.2) is 9.50 Å². The summed E-state index contributed by atoms with van der Waals surface area (Å²) in [5.41, 5.74) is 6.17. The molecule has 0 saturated carbocycles. The molecule has 1 N–H and O–H groups in total. The first-order valence-electron chi connectivity index (χ1n) is 11.6. The van der Waals surface area contributed by atoms with Gasteiger partial charge >= 0.3 is 0 Å². The Bertz CT molecular complexity index is 1520. The Morgan fingerprint density at radius 1 is 0.528 bits per heavy atom. The van der Waals surface area contributed by atoms with Crippen molar-refractivity contribution in [2.24, 2.45) is 20.5 Å². The second kappa shape index (κ2) is 9.60. The first-order valence-corrected chi connectivity index (χ1v) is 11.6. The largest absolute Gasteiger partial charge is 0.288 e. The summed E-state index contributed by atoms with van der Waals surface area (Å²) < 4.78 is 1.83. The maximum Gasteiger partial charge on any atom is 0.202 e. The van der Waals surface area contributed by atoms with Crippen molar-refractivity contribution in [2.45, 2.75) is 0 Å². The molecule has 6 rings (SSSR count). The first kappa shape index (κ1) is 21.4. The lowest BCUT2D eigenvalue weighted by atomic mass is 10.1. The molecule has 0 spiro atoms. The molecule has 0 fully saturated rings. The summed E-state index contributed by atoms with van der Waals surface area (Å²) >= 11 is 0. The van der Waals surface area contributed by atoms with Gasteiger partial charge in [0.15, 0.2) is 11.3 Å². The molecule has 0 atom stereocenters. The topological polar surface area (TPSA) is 82.5 Å². The summed E-state index contributed by atoms with van der Waals surface area (Å²) in [6.45, 7) is 0. The van der Waals surface area contributed by atoms with Crippen LogP contribution in [0.3, 0.4) is 0 Å². The van der Waals surface area contributed by atoms with E-state index in [1.54, 1.807) is 0 Å². The van der Waals surface area contributed by atoms with Crippen LogP contribution in [0, 0.1) is 0 Å². The van der Waals surface area contributed by atoms with Gasteiger partial charge in [0, 0.05) is 11.1 Å². The molecule has 7 heteroatoms. The van der Waals surface area contributed by atoms with Crippen molar-refractivity contribution in [1.29, 1.82) is 0 Å². The zero-order valence-electron chi connectivity index (χ0n) is 19.2. The molecular formula is C29H21N7. The van der Waals surface area contributed by atoms with Gasteiger partial charge in [-0.3, -0.25) is 5.10 Å². The lowest BCUT2D eigenvalue weighted by Crippen LogP contribution is -1.85. The highest BCUT2D eigenvalue weighted by Gasteiger charge is 2.22. The molecule has 0 saturated heterocycles. The molecule has 0 aliphatic rings. The highest BCUT2D eigenvalue weighted by atomic mass is 15.4. The zero-order chi connectivity index (χ0) is 24.2. The number of rotatable bonds is 6. The Kier molecular flexibility index (Phi) is 5.70. The Labute approximate surface area is 207 Å². The van der Waals surface area contributed by atoms with Gasteiger partial charge < -0.3 is 0 Å². The van der Waals surface area contributed by atoms with Crippen LogP contribution in [0.25, 0.3) is 28.2 Å². The third-order valence-electron chi connectivity index (χ3n) is 5.67. The second-order valence-corrected chi connectivity index (χ2v) is 8.08. The van der Waals surface area contributed by atoms with Gasteiger partial charge in [0.05, 0.1) is 17.1 Å². The Morgan fingerprint density at radius 2 is 1.03 bits per heavy atom. The van der Waals surface area contributed by atoms with Gasteiger partial charge in [-0.05, 0) is 24.3 Å². The normalized spacial score (nSPS) is 11.7. The van der Waals surface area contributed by atoms with E-state index in [4.69, 9.17) is 4.98 Å². The van der Waals surface area contributed by atoms with E-state index < -0.39 is 0 Å². The molecule has 2 aromatic heterocycles. The number of aromatic nitrogens is 3. The van der Waals surface area contributed by atoms with Crippen LogP contribution in [0.15, 0.2) is 142 Å². The second-order valence-electron chi connectivity index (χ2n) is 8.08. The first-order chi connectivity index (χ1) is 17.9. The summed E-state index contributed by atoms with van der Waals surface area (Å²) in [6.07, 6.45) is 0. The molecule has 36 heavy (non-hydrogen) atoms. The van der Waals surface area contributed by atoms with E-state index in [2.05, 4.69) is 25.6 Å². The van der Waals surface area contributed by atoms with Crippen LogP contribution in [-0.4, -0.2) is 14.6 Å². The lowest BCUT2D eigenvalue weighted by Gasteiger charge is -2.01. The van der Waals surface area contributed by atoms with Crippen LogP contribution in [0.2, 0.25) is 0 Å². The van der Waals surface area contributed by atoms with E-state index in [1.807, 2.05) is 126 Å². The molecule has 0 radical (unpaired) electrons. The minimum absolute atomic E-state index is 0.582. The van der Waals surface area contributed by atoms with E-state index in [-0.39, 0.29) is 0 Å². The Balaban J connectivity index is 1.58. The van der Waals surface area contributed by atoms with E-state index in [1.165, 1.54) is 0 Å². The smallest absolute Gasteiger partial charge is 0.202 e. The quantitative estimate of drug-likeness (QED) is 0.244. The van der Waals surface area contributed by atoms with Crippen molar-refractivity contribution in [3.05, 3.63) is 121 Å². The SMILES string of the molecule is c1ccc(N=Nc2c(-c3ccccc3)[nH]n3c(N=Nc4ccccc4)c(-c4ccccc4)nc23)cc1. The van der Waals surface area contributed by atoms with Crippen molar-refractivity contribution >= 4 is 28.5 Å². The third kappa shape index (κ3) is 4.21. The molecule has 2 heterocycles. The van der Waals surface area contributed by atoms with Gasteiger partial charge in [0.1, 0.15) is 5.69 Å². The predicted molar refractivity (Wildman–Crippen MR) is 142 cm³/mol. The van der Waals surface area contributed by atoms with Gasteiger partial charge in [0.25, 0.3) is 0 Å². The number of fused-ring (bicyclic) bond motifs is 1. The molecular weight excluding hydrogens is 446 g/mol. The van der Waals surface area contributed by atoms with Crippen LogP contribution >= 0.6 is 0 Å². The van der Waals surface area contributed by atoms with Crippen molar-refractivity contribution in [3.63, 3.8) is 0 Å². The lowest BCUT2D eigenvalue weighted by molar-refractivity contribution is 0.957. The molecule has 0 amide bonds. The minimum Gasteiger partial charge on any atom is -0.288 e. The molecule has 7 nitrogen and oxygen atoms in total. The van der Waals surface area contributed by atoms with E-state index >= 15 is 0 Å².